The molecule has 0 aliphatic carbocycles. The van der Waals surface area contributed by atoms with Crippen LogP contribution >= 0.6 is 0 Å². The maximum Gasteiger partial charge on any atom is 0.221 e. The molecule has 0 saturated heterocycles. The van der Waals surface area contributed by atoms with Gasteiger partial charge in [-0.1, -0.05) is 0 Å². The second kappa shape index (κ2) is 4.48. The number of rotatable bonds is 4. The van der Waals surface area contributed by atoms with Crippen LogP contribution in [0.1, 0.15) is 13.3 Å². The lowest BCUT2D eigenvalue weighted by Crippen LogP contribution is -2.23. The van der Waals surface area contributed by atoms with Gasteiger partial charge in [-0.15, -0.1) is 0 Å². The van der Waals surface area contributed by atoms with Crippen molar-refractivity contribution >= 4 is 5.91 Å². The van der Waals surface area contributed by atoms with Crippen LogP contribution in [-0.2, 0) is 11.3 Å². The number of hydrogen-bond acceptors (Lipinski definition) is 3. The Morgan fingerprint density at radius 1 is 1.67 bits per heavy atom. The van der Waals surface area contributed by atoms with Crippen LogP contribution in [0.15, 0.2) is 12.7 Å². The molecule has 66 valence electrons. The van der Waals surface area contributed by atoms with E-state index in [2.05, 4.69) is 15.4 Å². The zero-order chi connectivity index (χ0) is 8.81. The van der Waals surface area contributed by atoms with Crippen LogP contribution in [0.5, 0.6) is 0 Å². The number of amides is 1. The van der Waals surface area contributed by atoms with E-state index in [-0.39, 0.29) is 5.91 Å². The lowest BCUT2D eigenvalue weighted by atomic mass is 10.4. The van der Waals surface area contributed by atoms with Crippen LogP contribution in [0.4, 0.5) is 0 Å². The fourth-order valence-corrected chi connectivity index (χ4v) is 0.850. The van der Waals surface area contributed by atoms with Crippen LogP contribution in [0.3, 0.4) is 0 Å². The summed E-state index contributed by atoms with van der Waals surface area (Å²) >= 11 is 0. The van der Waals surface area contributed by atoms with Crippen molar-refractivity contribution in [2.45, 2.75) is 19.9 Å². The summed E-state index contributed by atoms with van der Waals surface area (Å²) in [5.74, 6) is 0.0491. The van der Waals surface area contributed by atoms with Crippen LogP contribution in [0.2, 0.25) is 0 Å². The maximum absolute atomic E-state index is 11.0. The van der Waals surface area contributed by atoms with E-state index in [1.807, 2.05) is 6.92 Å². The SMILES string of the molecule is CCNC(=O)CCn1cncn1. The fraction of sp³-hybridized carbons (Fsp3) is 0.571. The van der Waals surface area contributed by atoms with Gasteiger partial charge in [-0.2, -0.15) is 5.10 Å². The highest BCUT2D eigenvalue weighted by molar-refractivity contribution is 5.75. The Morgan fingerprint density at radius 2 is 2.50 bits per heavy atom. The minimum atomic E-state index is 0.0491. The summed E-state index contributed by atoms with van der Waals surface area (Å²) in [6, 6.07) is 0. The lowest BCUT2D eigenvalue weighted by Gasteiger charge is -2.00. The molecule has 0 spiro atoms. The second-order valence-corrected chi connectivity index (χ2v) is 2.36. The second-order valence-electron chi connectivity index (χ2n) is 2.36. The number of aryl methyl sites for hydroxylation is 1. The fourth-order valence-electron chi connectivity index (χ4n) is 0.850. The van der Waals surface area contributed by atoms with E-state index in [9.17, 15) is 4.79 Å². The van der Waals surface area contributed by atoms with Gasteiger partial charge in [-0.05, 0) is 6.92 Å². The highest BCUT2D eigenvalue weighted by Crippen LogP contribution is 1.86. The Kier molecular flexibility index (Phi) is 3.25. The van der Waals surface area contributed by atoms with Crippen molar-refractivity contribution in [3.8, 4) is 0 Å². The molecule has 0 aliphatic rings. The predicted octanol–water partition coefficient (Wildman–Crippen LogP) is -0.196. The number of nitrogens with one attached hydrogen (secondary N) is 1. The Labute approximate surface area is 70.8 Å². The van der Waals surface area contributed by atoms with Gasteiger partial charge in [-0.3, -0.25) is 9.48 Å². The normalized spacial score (nSPS) is 9.75. The third-order valence-electron chi connectivity index (χ3n) is 1.41. The van der Waals surface area contributed by atoms with Gasteiger partial charge >= 0.3 is 0 Å². The lowest BCUT2D eigenvalue weighted by molar-refractivity contribution is -0.121. The number of nitrogens with zero attached hydrogens (tertiary/aromatic N) is 3. The molecular weight excluding hydrogens is 156 g/mol. The summed E-state index contributed by atoms with van der Waals surface area (Å²) < 4.78 is 1.63. The Balaban J connectivity index is 2.22. The standard InChI is InChI=1S/C7H12N4O/c1-2-9-7(12)3-4-11-6-8-5-10-11/h5-6H,2-4H2,1H3,(H,9,12). The quantitative estimate of drug-likeness (QED) is 0.677. The highest BCUT2D eigenvalue weighted by atomic mass is 16.1. The van der Waals surface area contributed by atoms with E-state index in [0.29, 0.717) is 19.5 Å². The van der Waals surface area contributed by atoms with Crippen molar-refractivity contribution in [1.29, 1.82) is 0 Å². The van der Waals surface area contributed by atoms with E-state index in [4.69, 9.17) is 0 Å². The third-order valence-corrected chi connectivity index (χ3v) is 1.41. The van der Waals surface area contributed by atoms with Crippen molar-refractivity contribution in [2.75, 3.05) is 6.54 Å². The molecule has 0 bridgehead atoms. The first-order valence-corrected chi connectivity index (χ1v) is 3.92. The summed E-state index contributed by atoms with van der Waals surface area (Å²) in [6.45, 7) is 3.16. The van der Waals surface area contributed by atoms with Crippen LogP contribution in [-0.4, -0.2) is 27.2 Å². The van der Waals surface area contributed by atoms with Crippen LogP contribution in [0.25, 0.3) is 0 Å². The van der Waals surface area contributed by atoms with Crippen molar-refractivity contribution in [3.05, 3.63) is 12.7 Å². The van der Waals surface area contributed by atoms with E-state index in [1.54, 1.807) is 11.0 Å². The minimum Gasteiger partial charge on any atom is -0.356 e. The topological polar surface area (TPSA) is 59.8 Å². The van der Waals surface area contributed by atoms with Gasteiger partial charge in [0.2, 0.25) is 5.91 Å². The molecule has 1 rings (SSSR count). The molecule has 0 radical (unpaired) electrons. The summed E-state index contributed by atoms with van der Waals surface area (Å²) in [6.07, 6.45) is 3.51. The smallest absolute Gasteiger partial charge is 0.221 e. The molecule has 0 unspecified atom stereocenters. The number of hydrogen-bond donors (Lipinski definition) is 1. The molecule has 0 saturated carbocycles. The van der Waals surface area contributed by atoms with Gasteiger partial charge in [0.05, 0.1) is 6.54 Å². The molecule has 1 amide bonds. The van der Waals surface area contributed by atoms with E-state index < -0.39 is 0 Å². The monoisotopic (exact) mass is 168 g/mol. The summed E-state index contributed by atoms with van der Waals surface area (Å²) in [7, 11) is 0. The number of carbonyl (C=O) groups excluding carboxylic acids is 1. The number of carbonyl (C=O) groups is 1. The molecule has 0 fully saturated rings. The third kappa shape index (κ3) is 2.69. The number of aromatic nitrogens is 3. The van der Waals surface area contributed by atoms with E-state index in [1.165, 1.54) is 6.33 Å². The minimum absolute atomic E-state index is 0.0491. The molecule has 5 nitrogen and oxygen atoms in total. The van der Waals surface area contributed by atoms with Crippen molar-refractivity contribution in [3.63, 3.8) is 0 Å². The summed E-state index contributed by atoms with van der Waals surface area (Å²) in [4.78, 5) is 14.7. The van der Waals surface area contributed by atoms with Crippen molar-refractivity contribution in [2.24, 2.45) is 0 Å². The molecule has 1 heterocycles. The Hall–Kier alpha value is -1.39. The Bertz CT molecular complexity index is 232. The summed E-state index contributed by atoms with van der Waals surface area (Å²) in [5, 5.41) is 6.58. The van der Waals surface area contributed by atoms with Gasteiger partial charge < -0.3 is 5.32 Å². The van der Waals surface area contributed by atoms with Gasteiger partial charge in [0.15, 0.2) is 0 Å². The van der Waals surface area contributed by atoms with Crippen LogP contribution in [0, 0.1) is 0 Å². The van der Waals surface area contributed by atoms with Crippen molar-refractivity contribution in [1.82, 2.24) is 20.1 Å². The van der Waals surface area contributed by atoms with Crippen molar-refractivity contribution < 1.29 is 4.79 Å². The van der Waals surface area contributed by atoms with Gasteiger partial charge in [0.25, 0.3) is 0 Å². The first-order valence-electron chi connectivity index (χ1n) is 3.92. The zero-order valence-corrected chi connectivity index (χ0v) is 7.03. The van der Waals surface area contributed by atoms with Crippen LogP contribution < -0.4 is 5.32 Å². The maximum atomic E-state index is 11.0. The van der Waals surface area contributed by atoms with E-state index >= 15 is 0 Å². The average Bonchev–Trinajstić information content (AvgIpc) is 2.53. The zero-order valence-electron chi connectivity index (χ0n) is 7.03. The van der Waals surface area contributed by atoms with Gasteiger partial charge in [-0.25, -0.2) is 4.98 Å². The molecule has 0 aliphatic heterocycles. The molecule has 1 aromatic rings. The molecule has 5 heteroatoms. The molecule has 12 heavy (non-hydrogen) atoms. The first kappa shape index (κ1) is 8.70. The highest BCUT2D eigenvalue weighted by Gasteiger charge is 1.99. The van der Waals surface area contributed by atoms with Gasteiger partial charge in [0.1, 0.15) is 12.7 Å². The summed E-state index contributed by atoms with van der Waals surface area (Å²) in [5.41, 5.74) is 0. The van der Waals surface area contributed by atoms with Gasteiger partial charge in [0, 0.05) is 13.0 Å². The first-order chi connectivity index (χ1) is 5.83. The molecule has 0 atom stereocenters. The van der Waals surface area contributed by atoms with E-state index in [0.717, 1.165) is 0 Å². The molecule has 0 aromatic carbocycles. The molecule has 1 N–H and O–H groups in total. The predicted molar refractivity (Wildman–Crippen MR) is 43.3 cm³/mol. The molecule has 1 aromatic heterocycles. The average molecular weight is 168 g/mol. The Morgan fingerprint density at radius 3 is 3.08 bits per heavy atom. The largest absolute Gasteiger partial charge is 0.356 e. The molecular formula is C7H12N4O.